The van der Waals surface area contributed by atoms with Crippen molar-refractivity contribution >= 4 is 10.8 Å². The maximum Gasteiger partial charge on any atom is 0.139 e. The average Bonchev–Trinajstić information content (AvgIpc) is 2.68. The van der Waals surface area contributed by atoms with Gasteiger partial charge in [-0.05, 0) is 39.8 Å². The van der Waals surface area contributed by atoms with Crippen molar-refractivity contribution in [2.75, 3.05) is 0 Å². The molecule has 3 rings (SSSR count). The van der Waals surface area contributed by atoms with E-state index in [1.165, 1.54) is 0 Å². The molecule has 0 unspecified atom stereocenters. The Bertz CT molecular complexity index is 773. The summed E-state index contributed by atoms with van der Waals surface area (Å²) in [6.45, 7) is 8.04. The summed E-state index contributed by atoms with van der Waals surface area (Å²) in [5, 5.41) is 20.8. The number of hydrogen-bond donors (Lipinski definition) is 1. The molecular weight excluding hydrogens is 250 g/mol. The van der Waals surface area contributed by atoms with Gasteiger partial charge in [-0.2, -0.15) is 10.2 Å². The summed E-state index contributed by atoms with van der Waals surface area (Å²) >= 11 is 0. The molecular formula is C16H17N3O. The highest BCUT2D eigenvalue weighted by molar-refractivity contribution is 5.92. The third-order valence-corrected chi connectivity index (χ3v) is 3.84. The van der Waals surface area contributed by atoms with E-state index < -0.39 is 0 Å². The van der Waals surface area contributed by atoms with Gasteiger partial charge in [-0.15, -0.1) is 0 Å². The maximum absolute atomic E-state index is 10.1. The van der Waals surface area contributed by atoms with Crippen LogP contribution in [0.4, 0.5) is 0 Å². The van der Waals surface area contributed by atoms with Gasteiger partial charge in [0.05, 0.1) is 17.1 Å². The number of aromatic nitrogens is 3. The van der Waals surface area contributed by atoms with Crippen LogP contribution in [-0.4, -0.2) is 19.9 Å². The summed E-state index contributed by atoms with van der Waals surface area (Å²) in [6.07, 6.45) is 0. The van der Waals surface area contributed by atoms with Gasteiger partial charge in [0, 0.05) is 22.2 Å². The number of aromatic hydroxyl groups is 1. The lowest BCUT2D eigenvalue weighted by Gasteiger charge is -2.10. The first-order valence-electron chi connectivity index (χ1n) is 6.62. The van der Waals surface area contributed by atoms with Crippen molar-refractivity contribution in [3.05, 3.63) is 47.0 Å². The van der Waals surface area contributed by atoms with Crippen molar-refractivity contribution < 1.29 is 5.11 Å². The predicted molar refractivity (Wildman–Crippen MR) is 79.5 cm³/mol. The van der Waals surface area contributed by atoms with Gasteiger partial charge < -0.3 is 9.67 Å². The molecule has 1 N–H and O–H groups in total. The molecule has 2 aromatic heterocycles. The van der Waals surface area contributed by atoms with Crippen molar-refractivity contribution in [1.29, 1.82) is 0 Å². The number of benzene rings is 1. The number of hydrogen-bond acceptors (Lipinski definition) is 3. The molecule has 4 nitrogen and oxygen atoms in total. The van der Waals surface area contributed by atoms with Crippen LogP contribution in [0, 0.1) is 27.7 Å². The van der Waals surface area contributed by atoms with Crippen LogP contribution in [0.1, 0.15) is 22.8 Å². The molecule has 0 fully saturated rings. The second kappa shape index (κ2) is 4.34. The lowest BCUT2D eigenvalue weighted by Crippen LogP contribution is -1.99. The Morgan fingerprint density at radius 3 is 1.85 bits per heavy atom. The molecule has 2 heterocycles. The molecule has 20 heavy (non-hydrogen) atoms. The van der Waals surface area contributed by atoms with Crippen LogP contribution in [0.5, 0.6) is 5.75 Å². The minimum absolute atomic E-state index is 0.273. The van der Waals surface area contributed by atoms with Gasteiger partial charge in [0.1, 0.15) is 5.75 Å². The molecule has 0 amide bonds. The van der Waals surface area contributed by atoms with E-state index >= 15 is 0 Å². The molecule has 0 saturated heterocycles. The SMILES string of the molecule is Cc1nnc(C)c2c(C)n(-c3ccccc3O)c(C)c12. The summed E-state index contributed by atoms with van der Waals surface area (Å²) < 4.78 is 2.07. The molecule has 0 atom stereocenters. The Labute approximate surface area is 117 Å². The molecule has 0 aliphatic rings. The molecule has 0 aliphatic heterocycles. The molecule has 3 aromatic rings. The molecule has 0 saturated carbocycles. The van der Waals surface area contributed by atoms with Crippen LogP contribution in [0.2, 0.25) is 0 Å². The van der Waals surface area contributed by atoms with Crippen LogP contribution in [0.25, 0.3) is 16.5 Å². The second-order valence-electron chi connectivity index (χ2n) is 5.12. The molecule has 0 radical (unpaired) electrons. The standard InChI is InChI=1S/C16H17N3O/c1-9-15-11(3)19(13-7-5-6-8-14(13)20)12(4)16(15)10(2)18-17-9/h5-8,20H,1-4H3. The lowest BCUT2D eigenvalue weighted by molar-refractivity contribution is 0.471. The summed E-state index contributed by atoms with van der Waals surface area (Å²) in [5.41, 5.74) is 4.78. The molecule has 102 valence electrons. The Morgan fingerprint density at radius 2 is 1.35 bits per heavy atom. The Morgan fingerprint density at radius 1 is 0.850 bits per heavy atom. The fraction of sp³-hybridized carbons (Fsp3) is 0.250. The summed E-state index contributed by atoms with van der Waals surface area (Å²) in [4.78, 5) is 0. The third-order valence-electron chi connectivity index (χ3n) is 3.84. The first-order valence-corrected chi connectivity index (χ1v) is 6.62. The monoisotopic (exact) mass is 267 g/mol. The van der Waals surface area contributed by atoms with Gasteiger partial charge in [-0.25, -0.2) is 0 Å². The topological polar surface area (TPSA) is 50.9 Å². The van der Waals surface area contributed by atoms with E-state index in [0.29, 0.717) is 0 Å². The Kier molecular flexibility index (Phi) is 2.74. The van der Waals surface area contributed by atoms with Gasteiger partial charge in [-0.1, -0.05) is 12.1 Å². The average molecular weight is 267 g/mol. The largest absolute Gasteiger partial charge is 0.506 e. The number of aryl methyl sites for hydroxylation is 4. The molecule has 0 aliphatic carbocycles. The van der Waals surface area contributed by atoms with E-state index in [2.05, 4.69) is 28.6 Å². The molecule has 1 aromatic carbocycles. The van der Waals surface area contributed by atoms with Crippen molar-refractivity contribution in [2.24, 2.45) is 0 Å². The summed E-state index contributed by atoms with van der Waals surface area (Å²) in [7, 11) is 0. The Balaban J connectivity index is 2.48. The van der Waals surface area contributed by atoms with Gasteiger partial charge in [0.2, 0.25) is 0 Å². The highest BCUT2D eigenvalue weighted by Crippen LogP contribution is 2.33. The fourth-order valence-corrected chi connectivity index (χ4v) is 2.99. The summed E-state index contributed by atoms with van der Waals surface area (Å²) in [6, 6.07) is 7.37. The molecule has 0 bridgehead atoms. The van der Waals surface area contributed by atoms with Crippen molar-refractivity contribution in [2.45, 2.75) is 27.7 Å². The lowest BCUT2D eigenvalue weighted by atomic mass is 10.1. The minimum Gasteiger partial charge on any atom is -0.506 e. The van der Waals surface area contributed by atoms with Crippen LogP contribution in [0.3, 0.4) is 0 Å². The number of phenols is 1. The number of phenolic OH excluding ortho intramolecular Hbond substituents is 1. The van der Waals surface area contributed by atoms with E-state index in [-0.39, 0.29) is 5.75 Å². The van der Waals surface area contributed by atoms with Crippen LogP contribution < -0.4 is 0 Å². The zero-order chi connectivity index (χ0) is 14.4. The van der Waals surface area contributed by atoms with Gasteiger partial charge >= 0.3 is 0 Å². The van der Waals surface area contributed by atoms with Gasteiger partial charge in [0.25, 0.3) is 0 Å². The highest BCUT2D eigenvalue weighted by Gasteiger charge is 2.18. The van der Waals surface area contributed by atoms with Crippen molar-refractivity contribution in [3.63, 3.8) is 0 Å². The van der Waals surface area contributed by atoms with Crippen LogP contribution in [-0.2, 0) is 0 Å². The quantitative estimate of drug-likeness (QED) is 0.735. The minimum atomic E-state index is 0.273. The normalized spacial score (nSPS) is 11.2. The number of para-hydroxylation sites is 2. The highest BCUT2D eigenvalue weighted by atomic mass is 16.3. The van der Waals surface area contributed by atoms with Crippen LogP contribution in [0.15, 0.2) is 24.3 Å². The van der Waals surface area contributed by atoms with E-state index in [9.17, 15) is 5.11 Å². The number of rotatable bonds is 1. The number of nitrogens with zero attached hydrogens (tertiary/aromatic N) is 3. The van der Waals surface area contributed by atoms with E-state index in [1.54, 1.807) is 6.07 Å². The first kappa shape index (κ1) is 12.7. The Hall–Kier alpha value is -2.36. The second-order valence-corrected chi connectivity index (χ2v) is 5.12. The van der Waals surface area contributed by atoms with Gasteiger partial charge in [-0.3, -0.25) is 0 Å². The summed E-state index contributed by atoms with van der Waals surface area (Å²) in [5.74, 6) is 0.273. The molecule has 4 heteroatoms. The van der Waals surface area contributed by atoms with Crippen LogP contribution >= 0.6 is 0 Å². The predicted octanol–water partition coefficient (Wildman–Crippen LogP) is 3.36. The van der Waals surface area contributed by atoms with E-state index in [4.69, 9.17) is 0 Å². The number of fused-ring (bicyclic) bond motifs is 1. The van der Waals surface area contributed by atoms with Crippen molar-refractivity contribution in [3.8, 4) is 11.4 Å². The van der Waals surface area contributed by atoms with E-state index in [1.807, 2.05) is 32.0 Å². The van der Waals surface area contributed by atoms with Crippen molar-refractivity contribution in [1.82, 2.24) is 14.8 Å². The zero-order valence-corrected chi connectivity index (χ0v) is 12.1. The van der Waals surface area contributed by atoms with E-state index in [0.717, 1.165) is 39.2 Å². The zero-order valence-electron chi connectivity index (χ0n) is 12.1. The fourth-order valence-electron chi connectivity index (χ4n) is 2.99. The molecule has 0 spiro atoms. The smallest absolute Gasteiger partial charge is 0.139 e. The maximum atomic E-state index is 10.1. The first-order chi connectivity index (χ1) is 9.52. The third kappa shape index (κ3) is 1.61. The van der Waals surface area contributed by atoms with Gasteiger partial charge in [0.15, 0.2) is 0 Å².